The second-order valence-corrected chi connectivity index (χ2v) is 6.61. The molecule has 28 heavy (non-hydrogen) atoms. The molecule has 2 heterocycles. The SMILES string of the molecule is O=C(Nc1ccc2oc(=O)ccc2c1)c1cc([N+](=O)[O-])ccc1N1CCCC1. The minimum Gasteiger partial charge on any atom is -0.423 e. The van der Waals surface area contributed by atoms with Gasteiger partial charge in [0, 0.05) is 42.4 Å². The van der Waals surface area contributed by atoms with Crippen LogP contribution in [0.4, 0.5) is 17.1 Å². The van der Waals surface area contributed by atoms with Crippen molar-refractivity contribution < 1.29 is 14.1 Å². The maximum absolute atomic E-state index is 12.9. The number of hydrogen-bond donors (Lipinski definition) is 1. The molecule has 1 aromatic heterocycles. The first-order chi connectivity index (χ1) is 13.5. The van der Waals surface area contributed by atoms with Crippen LogP contribution in [0.25, 0.3) is 11.0 Å². The van der Waals surface area contributed by atoms with Crippen LogP contribution in [0.2, 0.25) is 0 Å². The van der Waals surface area contributed by atoms with Crippen LogP contribution < -0.4 is 15.8 Å². The Labute approximate surface area is 159 Å². The second-order valence-electron chi connectivity index (χ2n) is 6.61. The monoisotopic (exact) mass is 379 g/mol. The molecular weight excluding hydrogens is 362 g/mol. The van der Waals surface area contributed by atoms with Gasteiger partial charge in [-0.2, -0.15) is 0 Å². The van der Waals surface area contributed by atoms with Gasteiger partial charge in [-0.1, -0.05) is 0 Å². The molecule has 1 aliphatic rings. The standard InChI is InChI=1S/C20H17N3O5/c24-19-8-3-13-11-14(4-7-18(13)28-19)21-20(25)16-12-15(23(26)27)5-6-17(16)22-9-1-2-10-22/h3-8,11-12H,1-2,9-10H2,(H,21,25). The third-order valence-electron chi connectivity index (χ3n) is 4.76. The zero-order valence-electron chi connectivity index (χ0n) is 14.9. The largest absolute Gasteiger partial charge is 0.423 e. The summed E-state index contributed by atoms with van der Waals surface area (Å²) >= 11 is 0. The molecule has 0 bridgehead atoms. The first-order valence-electron chi connectivity index (χ1n) is 8.90. The van der Waals surface area contributed by atoms with Gasteiger partial charge in [-0.3, -0.25) is 14.9 Å². The van der Waals surface area contributed by atoms with Crippen LogP contribution in [0.1, 0.15) is 23.2 Å². The summed E-state index contributed by atoms with van der Waals surface area (Å²) in [6.07, 6.45) is 2.04. The van der Waals surface area contributed by atoms with Gasteiger partial charge < -0.3 is 14.6 Å². The number of nitrogens with zero attached hydrogens (tertiary/aromatic N) is 2. The summed E-state index contributed by atoms with van der Waals surface area (Å²) in [5, 5.41) is 14.6. The summed E-state index contributed by atoms with van der Waals surface area (Å²) < 4.78 is 5.09. The van der Waals surface area contributed by atoms with Crippen LogP contribution in [0.5, 0.6) is 0 Å². The average molecular weight is 379 g/mol. The summed E-state index contributed by atoms with van der Waals surface area (Å²) in [4.78, 5) is 36.9. The van der Waals surface area contributed by atoms with Gasteiger partial charge in [-0.25, -0.2) is 4.79 Å². The van der Waals surface area contributed by atoms with Gasteiger partial charge in [-0.15, -0.1) is 0 Å². The van der Waals surface area contributed by atoms with E-state index in [2.05, 4.69) is 10.2 Å². The number of rotatable bonds is 4. The van der Waals surface area contributed by atoms with Crippen molar-refractivity contribution in [2.75, 3.05) is 23.3 Å². The number of hydrogen-bond acceptors (Lipinski definition) is 6. The van der Waals surface area contributed by atoms with Crippen molar-refractivity contribution in [1.82, 2.24) is 0 Å². The Balaban J connectivity index is 1.68. The van der Waals surface area contributed by atoms with Crippen LogP contribution in [-0.4, -0.2) is 23.9 Å². The van der Waals surface area contributed by atoms with Crippen LogP contribution in [0.3, 0.4) is 0 Å². The van der Waals surface area contributed by atoms with Crippen molar-refractivity contribution in [3.8, 4) is 0 Å². The lowest BCUT2D eigenvalue weighted by molar-refractivity contribution is -0.384. The molecule has 1 N–H and O–H groups in total. The Morgan fingerprint density at radius 3 is 2.61 bits per heavy atom. The molecule has 0 atom stereocenters. The number of nitrogens with one attached hydrogen (secondary N) is 1. The van der Waals surface area contributed by atoms with Crippen molar-refractivity contribution in [3.63, 3.8) is 0 Å². The molecule has 0 spiro atoms. The molecule has 1 saturated heterocycles. The van der Waals surface area contributed by atoms with Gasteiger partial charge in [0.25, 0.3) is 11.6 Å². The third kappa shape index (κ3) is 3.44. The van der Waals surface area contributed by atoms with E-state index in [1.54, 1.807) is 30.3 Å². The van der Waals surface area contributed by atoms with Crippen LogP contribution in [0, 0.1) is 10.1 Å². The topological polar surface area (TPSA) is 106 Å². The number of carbonyl (C=O) groups excluding carboxylic acids is 1. The normalized spacial score (nSPS) is 13.6. The summed E-state index contributed by atoms with van der Waals surface area (Å²) in [7, 11) is 0. The molecule has 4 rings (SSSR count). The lowest BCUT2D eigenvalue weighted by Gasteiger charge is -2.21. The molecule has 0 unspecified atom stereocenters. The van der Waals surface area contributed by atoms with Crippen molar-refractivity contribution in [1.29, 1.82) is 0 Å². The first kappa shape index (κ1) is 17.7. The van der Waals surface area contributed by atoms with Crippen LogP contribution >= 0.6 is 0 Å². The second kappa shape index (κ2) is 7.15. The molecule has 142 valence electrons. The van der Waals surface area contributed by atoms with Gasteiger partial charge in [0.1, 0.15) is 5.58 Å². The van der Waals surface area contributed by atoms with E-state index in [1.165, 1.54) is 18.2 Å². The number of non-ortho nitro benzene ring substituents is 1. The molecule has 8 heteroatoms. The molecule has 0 radical (unpaired) electrons. The highest BCUT2D eigenvalue weighted by atomic mass is 16.6. The Kier molecular flexibility index (Phi) is 4.52. The molecule has 1 aliphatic heterocycles. The number of anilines is 2. The highest BCUT2D eigenvalue weighted by Crippen LogP contribution is 2.29. The molecular formula is C20H17N3O5. The predicted molar refractivity (Wildman–Crippen MR) is 105 cm³/mol. The van der Waals surface area contributed by atoms with Gasteiger partial charge >= 0.3 is 5.63 Å². The number of nitro benzene ring substituents is 1. The van der Waals surface area contributed by atoms with E-state index in [9.17, 15) is 19.7 Å². The van der Waals surface area contributed by atoms with Crippen LogP contribution in [0.15, 0.2) is 57.7 Å². The summed E-state index contributed by atoms with van der Waals surface area (Å²) in [5.74, 6) is -0.428. The summed E-state index contributed by atoms with van der Waals surface area (Å²) in [5.41, 5.74) is 1.29. The first-order valence-corrected chi connectivity index (χ1v) is 8.90. The lowest BCUT2D eigenvalue weighted by Crippen LogP contribution is -2.23. The van der Waals surface area contributed by atoms with Gasteiger partial charge in [0.15, 0.2) is 0 Å². The zero-order chi connectivity index (χ0) is 19.7. The fraction of sp³-hybridized carbons (Fsp3) is 0.200. The highest BCUT2D eigenvalue weighted by molar-refractivity contribution is 6.09. The quantitative estimate of drug-likeness (QED) is 0.422. The number of nitro groups is 1. The zero-order valence-corrected chi connectivity index (χ0v) is 14.9. The van der Waals surface area contributed by atoms with E-state index in [-0.39, 0.29) is 11.3 Å². The van der Waals surface area contributed by atoms with E-state index in [4.69, 9.17) is 4.42 Å². The van der Waals surface area contributed by atoms with Gasteiger partial charge in [0.2, 0.25) is 0 Å². The fourth-order valence-corrected chi connectivity index (χ4v) is 3.40. The molecule has 8 nitrogen and oxygen atoms in total. The van der Waals surface area contributed by atoms with E-state index >= 15 is 0 Å². The van der Waals surface area contributed by atoms with E-state index in [1.807, 2.05) is 0 Å². The molecule has 0 saturated carbocycles. The Morgan fingerprint density at radius 1 is 1.07 bits per heavy atom. The van der Waals surface area contributed by atoms with E-state index in [0.29, 0.717) is 22.3 Å². The highest BCUT2D eigenvalue weighted by Gasteiger charge is 2.22. The predicted octanol–water partition coefficient (Wildman–Crippen LogP) is 3.55. The van der Waals surface area contributed by atoms with Crippen molar-refractivity contribution in [3.05, 3.63) is 74.6 Å². The number of carbonyl (C=O) groups is 1. The number of benzene rings is 2. The molecule has 1 fully saturated rings. The minimum absolute atomic E-state index is 0.131. The Morgan fingerprint density at radius 2 is 1.86 bits per heavy atom. The van der Waals surface area contributed by atoms with E-state index in [0.717, 1.165) is 25.9 Å². The maximum atomic E-state index is 12.9. The fourth-order valence-electron chi connectivity index (χ4n) is 3.40. The minimum atomic E-state index is -0.511. The smallest absolute Gasteiger partial charge is 0.336 e. The van der Waals surface area contributed by atoms with Crippen LogP contribution in [-0.2, 0) is 0 Å². The Hall–Kier alpha value is -3.68. The molecule has 3 aromatic rings. The molecule has 1 amide bonds. The summed E-state index contributed by atoms with van der Waals surface area (Å²) in [6.45, 7) is 1.63. The van der Waals surface area contributed by atoms with Gasteiger partial charge in [-0.05, 0) is 43.2 Å². The average Bonchev–Trinajstić information content (AvgIpc) is 3.22. The molecule has 0 aliphatic carbocycles. The molecule has 2 aromatic carbocycles. The number of fused-ring (bicyclic) bond motifs is 1. The van der Waals surface area contributed by atoms with Gasteiger partial charge in [0.05, 0.1) is 16.2 Å². The Bertz CT molecular complexity index is 1130. The number of amides is 1. The maximum Gasteiger partial charge on any atom is 0.336 e. The van der Waals surface area contributed by atoms with E-state index < -0.39 is 16.5 Å². The summed E-state index contributed by atoms with van der Waals surface area (Å²) in [6, 6.07) is 12.2. The van der Waals surface area contributed by atoms with Crippen molar-refractivity contribution >= 4 is 33.9 Å². The third-order valence-corrected chi connectivity index (χ3v) is 4.76. The van der Waals surface area contributed by atoms with Crippen molar-refractivity contribution in [2.45, 2.75) is 12.8 Å². The lowest BCUT2D eigenvalue weighted by atomic mass is 10.1. The van der Waals surface area contributed by atoms with Crippen molar-refractivity contribution in [2.24, 2.45) is 0 Å².